The summed E-state index contributed by atoms with van der Waals surface area (Å²) in [5, 5.41) is 25.6. The Bertz CT molecular complexity index is 655. The molecule has 0 fully saturated rings. The molecule has 0 bridgehead atoms. The molecular weight excluding hydrogens is 277 g/mol. The number of nitrogens with zero attached hydrogens (tertiary/aromatic N) is 3. The van der Waals surface area contributed by atoms with Gasteiger partial charge in [-0.15, -0.1) is 0 Å². The molecule has 0 aliphatic carbocycles. The van der Waals surface area contributed by atoms with Crippen LogP contribution in [0.25, 0.3) is 6.08 Å². The van der Waals surface area contributed by atoms with E-state index in [4.69, 9.17) is 15.6 Å². The van der Waals surface area contributed by atoms with Crippen LogP contribution in [0.4, 0.5) is 4.39 Å². The van der Waals surface area contributed by atoms with E-state index in [0.717, 1.165) is 17.0 Å². The molecule has 1 rings (SSSR count). The van der Waals surface area contributed by atoms with Gasteiger partial charge in [0, 0.05) is 6.08 Å². The van der Waals surface area contributed by atoms with E-state index in [0.29, 0.717) is 0 Å². The molecule has 0 aromatic heterocycles. The van der Waals surface area contributed by atoms with Gasteiger partial charge in [-0.3, -0.25) is 4.79 Å². The van der Waals surface area contributed by atoms with E-state index in [-0.39, 0.29) is 24.2 Å². The zero-order valence-corrected chi connectivity index (χ0v) is 10.8. The summed E-state index contributed by atoms with van der Waals surface area (Å²) in [6.45, 7) is -0.654. The van der Waals surface area contributed by atoms with E-state index >= 15 is 0 Å². The zero-order valence-electron chi connectivity index (χ0n) is 10.8. The van der Waals surface area contributed by atoms with Crippen molar-refractivity contribution in [3.05, 3.63) is 41.2 Å². The molecule has 0 aliphatic heterocycles. The molecule has 0 spiro atoms. The average molecular weight is 287 g/mol. The first-order valence-corrected chi connectivity index (χ1v) is 5.73. The number of carbonyl (C=O) groups is 2. The third kappa shape index (κ3) is 4.44. The van der Waals surface area contributed by atoms with Crippen LogP contribution in [0.3, 0.4) is 0 Å². The molecule has 0 unspecified atom stereocenters. The van der Waals surface area contributed by atoms with Crippen LogP contribution in [0.5, 0.6) is 0 Å². The number of carboxylic acids is 1. The Kier molecular flexibility index (Phi) is 5.60. The number of carboxylic acid groups (broad SMARTS) is 1. The molecule has 0 saturated carbocycles. The SMILES string of the molecule is N#CCN(CC#N)C(=O)c1ccc(C=CC(=O)O)cc1F. The highest BCUT2D eigenvalue weighted by Gasteiger charge is 2.18. The fraction of sp³-hybridized carbons (Fsp3) is 0.143. The first kappa shape index (κ1) is 15.9. The molecular formula is C14H10FN3O3. The predicted octanol–water partition coefficient (Wildman–Crippen LogP) is 1.41. The van der Waals surface area contributed by atoms with E-state index in [9.17, 15) is 14.0 Å². The summed E-state index contributed by atoms with van der Waals surface area (Å²) >= 11 is 0. The van der Waals surface area contributed by atoms with Crippen LogP contribution < -0.4 is 0 Å². The quantitative estimate of drug-likeness (QED) is 0.651. The number of carbonyl (C=O) groups excluding carboxylic acids is 1. The molecule has 106 valence electrons. The number of hydrogen-bond acceptors (Lipinski definition) is 4. The fourth-order valence-electron chi connectivity index (χ4n) is 1.52. The minimum absolute atomic E-state index is 0.276. The van der Waals surface area contributed by atoms with Crippen molar-refractivity contribution in [1.29, 1.82) is 10.5 Å². The number of benzene rings is 1. The van der Waals surface area contributed by atoms with Gasteiger partial charge in [0.1, 0.15) is 18.9 Å². The Balaban J connectivity index is 3.04. The second kappa shape index (κ2) is 7.41. The number of amides is 1. The summed E-state index contributed by atoms with van der Waals surface area (Å²) in [5.74, 6) is -2.80. The summed E-state index contributed by atoms with van der Waals surface area (Å²) in [6.07, 6.45) is 2.02. The summed E-state index contributed by atoms with van der Waals surface area (Å²) in [7, 11) is 0. The fourth-order valence-corrected chi connectivity index (χ4v) is 1.52. The van der Waals surface area contributed by atoms with Crippen molar-refractivity contribution in [2.24, 2.45) is 0 Å². The van der Waals surface area contributed by atoms with Gasteiger partial charge in [0.2, 0.25) is 0 Å². The molecule has 0 atom stereocenters. The minimum Gasteiger partial charge on any atom is -0.478 e. The lowest BCUT2D eigenvalue weighted by atomic mass is 10.1. The van der Waals surface area contributed by atoms with Crippen molar-refractivity contribution in [2.45, 2.75) is 0 Å². The van der Waals surface area contributed by atoms with Crippen molar-refractivity contribution < 1.29 is 19.1 Å². The topological polar surface area (TPSA) is 105 Å². The van der Waals surface area contributed by atoms with Gasteiger partial charge >= 0.3 is 5.97 Å². The molecule has 0 aliphatic rings. The predicted molar refractivity (Wildman–Crippen MR) is 70.2 cm³/mol. The first-order valence-electron chi connectivity index (χ1n) is 5.73. The maximum absolute atomic E-state index is 13.9. The van der Waals surface area contributed by atoms with Crippen LogP contribution in [-0.4, -0.2) is 35.0 Å². The molecule has 1 amide bonds. The van der Waals surface area contributed by atoms with E-state index in [2.05, 4.69) is 0 Å². The molecule has 1 aromatic carbocycles. The van der Waals surface area contributed by atoms with Crippen LogP contribution in [0.2, 0.25) is 0 Å². The van der Waals surface area contributed by atoms with Crippen LogP contribution in [0.15, 0.2) is 24.3 Å². The second-order valence-electron chi connectivity index (χ2n) is 3.89. The van der Waals surface area contributed by atoms with E-state index in [1.165, 1.54) is 18.2 Å². The van der Waals surface area contributed by atoms with Crippen LogP contribution in [0, 0.1) is 28.5 Å². The number of hydrogen-bond donors (Lipinski definition) is 1. The lowest BCUT2D eigenvalue weighted by molar-refractivity contribution is -0.131. The van der Waals surface area contributed by atoms with Gasteiger partial charge in [0.25, 0.3) is 5.91 Å². The Labute approximate surface area is 119 Å². The van der Waals surface area contributed by atoms with Crippen molar-refractivity contribution in [1.82, 2.24) is 4.90 Å². The third-order valence-electron chi connectivity index (χ3n) is 2.45. The maximum atomic E-state index is 13.9. The molecule has 21 heavy (non-hydrogen) atoms. The van der Waals surface area contributed by atoms with Crippen molar-refractivity contribution in [2.75, 3.05) is 13.1 Å². The molecule has 7 heteroatoms. The Hall–Kier alpha value is -3.19. The van der Waals surface area contributed by atoms with Crippen LogP contribution in [0.1, 0.15) is 15.9 Å². The standard InChI is InChI=1S/C14H10FN3O3/c15-12-9-10(2-4-13(19)20)1-3-11(12)14(21)18(7-5-16)8-6-17/h1-4,9H,7-8H2,(H,19,20). The molecule has 0 radical (unpaired) electrons. The Morgan fingerprint density at radius 2 is 1.90 bits per heavy atom. The van der Waals surface area contributed by atoms with Gasteiger partial charge in [0.05, 0.1) is 17.7 Å². The largest absolute Gasteiger partial charge is 0.478 e. The van der Waals surface area contributed by atoms with Gasteiger partial charge in [-0.1, -0.05) is 6.07 Å². The third-order valence-corrected chi connectivity index (χ3v) is 2.45. The van der Waals surface area contributed by atoms with Crippen LogP contribution in [-0.2, 0) is 4.79 Å². The molecule has 1 aromatic rings. The summed E-state index contributed by atoms with van der Waals surface area (Å²) < 4.78 is 13.9. The average Bonchev–Trinajstić information content (AvgIpc) is 2.44. The zero-order chi connectivity index (χ0) is 15.8. The second-order valence-corrected chi connectivity index (χ2v) is 3.89. The van der Waals surface area contributed by atoms with Crippen molar-refractivity contribution >= 4 is 18.0 Å². The summed E-state index contributed by atoms with van der Waals surface area (Å²) in [6, 6.07) is 7.00. The molecule has 0 saturated heterocycles. The minimum atomic E-state index is -1.18. The number of halogens is 1. The van der Waals surface area contributed by atoms with Crippen LogP contribution >= 0.6 is 0 Å². The van der Waals surface area contributed by atoms with Gasteiger partial charge in [-0.05, 0) is 23.8 Å². The highest BCUT2D eigenvalue weighted by Crippen LogP contribution is 2.14. The highest BCUT2D eigenvalue weighted by molar-refractivity contribution is 5.95. The van der Waals surface area contributed by atoms with E-state index in [1.807, 2.05) is 0 Å². The number of nitriles is 2. The van der Waals surface area contributed by atoms with E-state index < -0.39 is 17.7 Å². The lowest BCUT2D eigenvalue weighted by Crippen LogP contribution is -2.32. The van der Waals surface area contributed by atoms with Gasteiger partial charge in [-0.2, -0.15) is 10.5 Å². The molecule has 6 nitrogen and oxygen atoms in total. The monoisotopic (exact) mass is 287 g/mol. The summed E-state index contributed by atoms with van der Waals surface area (Å²) in [5.41, 5.74) is -0.00783. The highest BCUT2D eigenvalue weighted by atomic mass is 19.1. The van der Waals surface area contributed by atoms with E-state index in [1.54, 1.807) is 12.1 Å². The molecule has 1 N–H and O–H groups in total. The number of rotatable bonds is 5. The Morgan fingerprint density at radius 1 is 1.29 bits per heavy atom. The Morgan fingerprint density at radius 3 is 2.38 bits per heavy atom. The first-order chi connectivity index (χ1) is 9.99. The smallest absolute Gasteiger partial charge is 0.328 e. The van der Waals surface area contributed by atoms with Gasteiger partial charge in [0.15, 0.2) is 0 Å². The van der Waals surface area contributed by atoms with Crippen molar-refractivity contribution in [3.63, 3.8) is 0 Å². The molecule has 0 heterocycles. The lowest BCUT2D eigenvalue weighted by Gasteiger charge is -2.16. The maximum Gasteiger partial charge on any atom is 0.328 e. The van der Waals surface area contributed by atoms with Gasteiger partial charge in [-0.25, -0.2) is 9.18 Å². The number of aliphatic carboxylic acids is 1. The van der Waals surface area contributed by atoms with Crippen molar-refractivity contribution in [3.8, 4) is 12.1 Å². The van der Waals surface area contributed by atoms with Gasteiger partial charge < -0.3 is 10.0 Å². The summed E-state index contributed by atoms with van der Waals surface area (Å²) in [4.78, 5) is 23.3. The normalized spacial score (nSPS) is 9.86.